The first-order chi connectivity index (χ1) is 8.14. The molecule has 2 aliphatic rings. The average molecular weight is 263 g/mol. The van der Waals surface area contributed by atoms with E-state index in [1.54, 1.807) is 4.31 Å². The molecule has 7 heteroatoms. The zero-order valence-electron chi connectivity index (χ0n) is 10.0. The third-order valence-corrected chi connectivity index (χ3v) is 5.47. The number of aliphatic hydroxyl groups is 1. The second-order valence-corrected chi connectivity index (χ2v) is 6.63. The van der Waals surface area contributed by atoms with Crippen LogP contribution < -0.4 is 5.32 Å². The molecule has 0 radical (unpaired) electrons. The lowest BCUT2D eigenvalue weighted by Gasteiger charge is -2.36. The van der Waals surface area contributed by atoms with Crippen LogP contribution >= 0.6 is 0 Å². The van der Waals surface area contributed by atoms with Gasteiger partial charge in [0.1, 0.15) is 0 Å². The van der Waals surface area contributed by atoms with Crippen molar-refractivity contribution in [2.24, 2.45) is 5.92 Å². The standard InChI is InChI=1S/C10H21N3O3S/c14-9-10-2-1-5-13(8-10)17(15,16)12-6-3-11-4-7-12/h10-11,14H,1-9H2. The molecule has 0 aromatic carbocycles. The molecule has 2 rings (SSSR count). The van der Waals surface area contributed by atoms with Gasteiger partial charge >= 0.3 is 0 Å². The molecule has 2 fully saturated rings. The molecule has 0 aliphatic carbocycles. The largest absolute Gasteiger partial charge is 0.396 e. The van der Waals surface area contributed by atoms with Gasteiger partial charge in [-0.1, -0.05) is 0 Å². The molecular formula is C10H21N3O3S. The predicted molar refractivity (Wildman–Crippen MR) is 64.7 cm³/mol. The van der Waals surface area contributed by atoms with Gasteiger partial charge < -0.3 is 10.4 Å². The molecule has 0 spiro atoms. The second kappa shape index (κ2) is 5.62. The van der Waals surface area contributed by atoms with Crippen LogP contribution in [0.15, 0.2) is 0 Å². The Morgan fingerprint density at radius 2 is 1.88 bits per heavy atom. The molecule has 17 heavy (non-hydrogen) atoms. The maximum absolute atomic E-state index is 12.3. The summed E-state index contributed by atoms with van der Waals surface area (Å²) in [4.78, 5) is 0. The molecule has 0 bridgehead atoms. The van der Waals surface area contributed by atoms with Crippen LogP contribution in [0, 0.1) is 5.92 Å². The highest BCUT2D eigenvalue weighted by Gasteiger charge is 2.33. The molecule has 2 heterocycles. The summed E-state index contributed by atoms with van der Waals surface area (Å²) >= 11 is 0. The summed E-state index contributed by atoms with van der Waals surface area (Å²) in [5.41, 5.74) is 0. The fraction of sp³-hybridized carbons (Fsp3) is 1.00. The van der Waals surface area contributed by atoms with E-state index < -0.39 is 10.2 Å². The van der Waals surface area contributed by atoms with Crippen molar-refractivity contribution in [1.29, 1.82) is 0 Å². The SMILES string of the molecule is O=S(=O)(N1CCNCC1)N1CCCC(CO)C1. The zero-order valence-corrected chi connectivity index (χ0v) is 10.8. The van der Waals surface area contributed by atoms with Crippen LogP contribution in [0.2, 0.25) is 0 Å². The summed E-state index contributed by atoms with van der Waals surface area (Å²) in [5.74, 6) is 0.0986. The van der Waals surface area contributed by atoms with Crippen molar-refractivity contribution in [3.63, 3.8) is 0 Å². The van der Waals surface area contributed by atoms with Gasteiger partial charge in [0.05, 0.1) is 0 Å². The molecule has 100 valence electrons. The molecule has 0 amide bonds. The highest BCUT2D eigenvalue weighted by atomic mass is 32.2. The molecule has 2 aliphatic heterocycles. The minimum Gasteiger partial charge on any atom is -0.396 e. The molecule has 1 atom stereocenters. The van der Waals surface area contributed by atoms with Gasteiger partial charge in [-0.3, -0.25) is 0 Å². The summed E-state index contributed by atoms with van der Waals surface area (Å²) in [6.45, 7) is 3.65. The van der Waals surface area contributed by atoms with E-state index in [0.29, 0.717) is 26.2 Å². The third-order valence-electron chi connectivity index (χ3n) is 3.47. The summed E-state index contributed by atoms with van der Waals surface area (Å²) in [7, 11) is -3.31. The first-order valence-electron chi connectivity index (χ1n) is 6.21. The quantitative estimate of drug-likeness (QED) is 0.674. The summed E-state index contributed by atoms with van der Waals surface area (Å²) in [6.07, 6.45) is 1.76. The summed E-state index contributed by atoms with van der Waals surface area (Å²) in [6, 6.07) is 0. The van der Waals surface area contributed by atoms with Gasteiger partial charge in [0.25, 0.3) is 10.2 Å². The molecule has 1 unspecified atom stereocenters. The molecule has 0 saturated carbocycles. The molecule has 0 aromatic heterocycles. The van der Waals surface area contributed by atoms with Crippen LogP contribution in [0.4, 0.5) is 0 Å². The van der Waals surface area contributed by atoms with Crippen LogP contribution in [0.25, 0.3) is 0 Å². The van der Waals surface area contributed by atoms with Gasteiger partial charge in [0.2, 0.25) is 0 Å². The molecule has 0 aromatic rings. The maximum Gasteiger partial charge on any atom is 0.282 e. The van der Waals surface area contributed by atoms with Crippen LogP contribution in [0.1, 0.15) is 12.8 Å². The minimum atomic E-state index is -3.31. The Kier molecular flexibility index (Phi) is 4.37. The average Bonchev–Trinajstić information content (AvgIpc) is 2.40. The number of nitrogens with one attached hydrogen (secondary N) is 1. The van der Waals surface area contributed by atoms with Gasteiger partial charge in [-0.25, -0.2) is 0 Å². The van der Waals surface area contributed by atoms with Crippen molar-refractivity contribution in [2.75, 3.05) is 45.9 Å². The van der Waals surface area contributed by atoms with E-state index in [0.717, 1.165) is 25.9 Å². The Labute approximate surface area is 103 Å². The second-order valence-electron chi connectivity index (χ2n) is 4.71. The van der Waals surface area contributed by atoms with Gasteiger partial charge in [0.15, 0.2) is 0 Å². The first kappa shape index (κ1) is 13.2. The van der Waals surface area contributed by atoms with Crippen LogP contribution in [-0.2, 0) is 10.2 Å². The van der Waals surface area contributed by atoms with E-state index in [2.05, 4.69) is 5.32 Å². The number of piperazine rings is 1. The van der Waals surface area contributed by atoms with E-state index in [1.165, 1.54) is 4.31 Å². The van der Waals surface area contributed by atoms with E-state index in [1.807, 2.05) is 0 Å². The Balaban J connectivity index is 2.03. The Morgan fingerprint density at radius 1 is 1.18 bits per heavy atom. The number of nitrogens with zero attached hydrogens (tertiary/aromatic N) is 2. The van der Waals surface area contributed by atoms with Crippen LogP contribution in [0.3, 0.4) is 0 Å². The van der Waals surface area contributed by atoms with E-state index in [-0.39, 0.29) is 12.5 Å². The number of rotatable bonds is 3. The normalized spacial score (nSPS) is 29.4. The smallest absolute Gasteiger partial charge is 0.282 e. The minimum absolute atomic E-state index is 0.0770. The monoisotopic (exact) mass is 263 g/mol. The third kappa shape index (κ3) is 2.97. The Hall–Kier alpha value is -0.210. The Bertz CT molecular complexity index is 341. The van der Waals surface area contributed by atoms with Crippen molar-refractivity contribution in [3.05, 3.63) is 0 Å². The van der Waals surface area contributed by atoms with Crippen molar-refractivity contribution in [3.8, 4) is 0 Å². The predicted octanol–water partition coefficient (Wildman–Crippen LogP) is -1.16. The highest BCUT2D eigenvalue weighted by molar-refractivity contribution is 7.86. The Morgan fingerprint density at radius 3 is 2.53 bits per heavy atom. The molecular weight excluding hydrogens is 242 g/mol. The first-order valence-corrected chi connectivity index (χ1v) is 7.61. The number of hydrogen-bond acceptors (Lipinski definition) is 4. The lowest BCUT2D eigenvalue weighted by atomic mass is 10.0. The lowest BCUT2D eigenvalue weighted by Crippen LogP contribution is -2.53. The molecule has 6 nitrogen and oxygen atoms in total. The highest BCUT2D eigenvalue weighted by Crippen LogP contribution is 2.20. The maximum atomic E-state index is 12.3. The van der Waals surface area contributed by atoms with Gasteiger partial charge in [-0.15, -0.1) is 0 Å². The van der Waals surface area contributed by atoms with Crippen LogP contribution in [-0.4, -0.2) is 68.0 Å². The fourth-order valence-electron chi connectivity index (χ4n) is 2.42. The van der Waals surface area contributed by atoms with Gasteiger partial charge in [0, 0.05) is 45.9 Å². The number of piperidine rings is 1. The fourth-order valence-corrected chi connectivity index (χ4v) is 4.15. The van der Waals surface area contributed by atoms with Crippen molar-refractivity contribution < 1.29 is 13.5 Å². The van der Waals surface area contributed by atoms with Crippen molar-refractivity contribution >= 4 is 10.2 Å². The summed E-state index contributed by atoms with van der Waals surface area (Å²) in [5, 5.41) is 12.3. The zero-order chi connectivity index (χ0) is 12.3. The van der Waals surface area contributed by atoms with Gasteiger partial charge in [-0.2, -0.15) is 17.0 Å². The number of hydrogen-bond donors (Lipinski definition) is 2. The van der Waals surface area contributed by atoms with E-state index in [9.17, 15) is 8.42 Å². The topological polar surface area (TPSA) is 72.9 Å². The summed E-state index contributed by atoms with van der Waals surface area (Å²) < 4.78 is 27.8. The molecule has 2 saturated heterocycles. The van der Waals surface area contributed by atoms with Gasteiger partial charge in [-0.05, 0) is 18.8 Å². The lowest BCUT2D eigenvalue weighted by molar-refractivity contribution is 0.160. The van der Waals surface area contributed by atoms with Crippen molar-refractivity contribution in [1.82, 2.24) is 13.9 Å². The van der Waals surface area contributed by atoms with Crippen LogP contribution in [0.5, 0.6) is 0 Å². The molecule has 2 N–H and O–H groups in total. The van der Waals surface area contributed by atoms with Crippen molar-refractivity contribution in [2.45, 2.75) is 12.8 Å². The van der Waals surface area contributed by atoms with E-state index in [4.69, 9.17) is 5.11 Å². The number of aliphatic hydroxyl groups excluding tert-OH is 1. The van der Waals surface area contributed by atoms with E-state index >= 15 is 0 Å².